The number of rotatable bonds is 8. The summed E-state index contributed by atoms with van der Waals surface area (Å²) in [5.74, 6) is 2.63. The molecule has 4 rings (SSSR count). The van der Waals surface area contributed by atoms with Crippen LogP contribution in [0.2, 0.25) is 0 Å². The highest BCUT2D eigenvalue weighted by atomic mass is 16.5. The van der Waals surface area contributed by atoms with Gasteiger partial charge < -0.3 is 23.5 Å². The number of amides is 1. The zero-order chi connectivity index (χ0) is 23.2. The Hall–Kier alpha value is -3.45. The van der Waals surface area contributed by atoms with Crippen LogP contribution in [-0.4, -0.2) is 51.3 Å². The standard InChI is InChI=1S/C26H30N2O5/c1-30-23-9-5-4-8-22(23)26(29)28(20-10-11-24(31-2)25(17-20)32-3)19-12-14-27(15-13-19)18-21-7-6-16-33-21/h4-11,16-17,19H,12-15,18H2,1-3H3. The lowest BCUT2D eigenvalue weighted by Crippen LogP contribution is -2.47. The van der Waals surface area contributed by atoms with Gasteiger partial charge in [0, 0.05) is 30.9 Å². The number of piperidine rings is 1. The van der Waals surface area contributed by atoms with Gasteiger partial charge in [-0.15, -0.1) is 0 Å². The van der Waals surface area contributed by atoms with Crippen molar-refractivity contribution in [3.05, 3.63) is 72.2 Å². The average Bonchev–Trinajstić information content (AvgIpc) is 3.38. The molecule has 1 fully saturated rings. The maximum Gasteiger partial charge on any atom is 0.262 e. The van der Waals surface area contributed by atoms with Gasteiger partial charge in [-0.1, -0.05) is 12.1 Å². The van der Waals surface area contributed by atoms with Crippen LogP contribution in [0, 0.1) is 0 Å². The Balaban J connectivity index is 1.63. The quantitative estimate of drug-likeness (QED) is 0.499. The number of para-hydroxylation sites is 1. The summed E-state index contributed by atoms with van der Waals surface area (Å²) in [6.07, 6.45) is 3.39. The summed E-state index contributed by atoms with van der Waals surface area (Å²) >= 11 is 0. The van der Waals surface area contributed by atoms with E-state index >= 15 is 0 Å². The molecule has 0 unspecified atom stereocenters. The van der Waals surface area contributed by atoms with Crippen molar-refractivity contribution < 1.29 is 23.4 Å². The number of anilines is 1. The second-order valence-electron chi connectivity index (χ2n) is 8.00. The van der Waals surface area contributed by atoms with E-state index in [0.717, 1.165) is 43.9 Å². The molecule has 1 aliphatic rings. The molecule has 1 saturated heterocycles. The summed E-state index contributed by atoms with van der Waals surface area (Å²) < 4.78 is 21.9. The van der Waals surface area contributed by atoms with Crippen molar-refractivity contribution in [2.24, 2.45) is 0 Å². The third-order valence-corrected chi connectivity index (χ3v) is 6.08. The number of ether oxygens (including phenoxy) is 3. The number of benzene rings is 2. The summed E-state index contributed by atoms with van der Waals surface area (Å²) in [4.78, 5) is 18.1. The van der Waals surface area contributed by atoms with E-state index < -0.39 is 0 Å². The smallest absolute Gasteiger partial charge is 0.262 e. The fourth-order valence-corrected chi connectivity index (χ4v) is 4.38. The van der Waals surface area contributed by atoms with Gasteiger partial charge in [-0.25, -0.2) is 0 Å². The molecule has 1 amide bonds. The Labute approximate surface area is 194 Å². The number of carbonyl (C=O) groups excluding carboxylic acids is 1. The summed E-state index contributed by atoms with van der Waals surface area (Å²) in [5.41, 5.74) is 1.31. The molecule has 7 heteroatoms. The van der Waals surface area contributed by atoms with Crippen LogP contribution >= 0.6 is 0 Å². The van der Waals surface area contributed by atoms with Gasteiger partial charge in [-0.2, -0.15) is 0 Å². The van der Waals surface area contributed by atoms with E-state index in [1.54, 1.807) is 33.7 Å². The van der Waals surface area contributed by atoms with E-state index in [9.17, 15) is 4.79 Å². The number of likely N-dealkylation sites (tertiary alicyclic amines) is 1. The minimum absolute atomic E-state index is 0.0355. The number of hydrogen-bond acceptors (Lipinski definition) is 6. The molecule has 33 heavy (non-hydrogen) atoms. The molecule has 0 bridgehead atoms. The molecule has 174 valence electrons. The first-order chi connectivity index (χ1) is 16.1. The van der Waals surface area contributed by atoms with E-state index in [0.29, 0.717) is 22.8 Å². The summed E-state index contributed by atoms with van der Waals surface area (Å²) in [5, 5.41) is 0. The van der Waals surface area contributed by atoms with Crippen molar-refractivity contribution in [3.63, 3.8) is 0 Å². The van der Waals surface area contributed by atoms with Crippen LogP contribution in [0.15, 0.2) is 65.3 Å². The molecule has 2 aromatic carbocycles. The van der Waals surface area contributed by atoms with Crippen LogP contribution in [0.1, 0.15) is 29.0 Å². The fraction of sp³-hybridized carbons (Fsp3) is 0.346. The minimum Gasteiger partial charge on any atom is -0.496 e. The van der Waals surface area contributed by atoms with Gasteiger partial charge in [0.25, 0.3) is 5.91 Å². The first-order valence-corrected chi connectivity index (χ1v) is 11.1. The monoisotopic (exact) mass is 450 g/mol. The van der Waals surface area contributed by atoms with Crippen molar-refractivity contribution in [1.82, 2.24) is 4.90 Å². The fourth-order valence-electron chi connectivity index (χ4n) is 4.38. The zero-order valence-electron chi connectivity index (χ0n) is 19.3. The van der Waals surface area contributed by atoms with E-state index in [4.69, 9.17) is 18.6 Å². The lowest BCUT2D eigenvalue weighted by atomic mass is 10.00. The van der Waals surface area contributed by atoms with E-state index in [1.807, 2.05) is 53.4 Å². The predicted molar refractivity (Wildman–Crippen MR) is 126 cm³/mol. The van der Waals surface area contributed by atoms with Crippen molar-refractivity contribution in [2.75, 3.05) is 39.3 Å². The molecule has 1 aliphatic heterocycles. The number of furan rings is 1. The third kappa shape index (κ3) is 4.98. The molecule has 1 aromatic heterocycles. The summed E-state index contributed by atoms with van der Waals surface area (Å²) in [6, 6.07) is 16.9. The maximum absolute atomic E-state index is 13.9. The Morgan fingerprint density at radius 2 is 1.67 bits per heavy atom. The van der Waals surface area contributed by atoms with E-state index in [2.05, 4.69) is 4.90 Å². The summed E-state index contributed by atoms with van der Waals surface area (Å²) in [7, 11) is 4.78. The number of hydrogen-bond donors (Lipinski definition) is 0. The lowest BCUT2D eigenvalue weighted by Gasteiger charge is -2.38. The Kier molecular flexibility index (Phi) is 7.19. The van der Waals surface area contributed by atoms with Crippen LogP contribution in [0.4, 0.5) is 5.69 Å². The molecule has 0 N–H and O–H groups in total. The Morgan fingerprint density at radius 1 is 0.939 bits per heavy atom. The van der Waals surface area contributed by atoms with Gasteiger partial charge in [0.05, 0.1) is 39.7 Å². The van der Waals surface area contributed by atoms with Crippen molar-refractivity contribution in [2.45, 2.75) is 25.4 Å². The molecule has 0 radical (unpaired) electrons. The molecular weight excluding hydrogens is 420 g/mol. The first-order valence-electron chi connectivity index (χ1n) is 11.1. The van der Waals surface area contributed by atoms with Crippen molar-refractivity contribution in [1.29, 1.82) is 0 Å². The highest BCUT2D eigenvalue weighted by Crippen LogP contribution is 2.35. The topological polar surface area (TPSA) is 64.4 Å². The molecule has 0 atom stereocenters. The van der Waals surface area contributed by atoms with Crippen LogP contribution < -0.4 is 19.1 Å². The second kappa shape index (κ2) is 10.4. The molecule has 0 saturated carbocycles. The highest BCUT2D eigenvalue weighted by Gasteiger charge is 2.32. The molecule has 3 aromatic rings. The zero-order valence-corrected chi connectivity index (χ0v) is 19.3. The minimum atomic E-state index is -0.0934. The van der Waals surface area contributed by atoms with E-state index in [1.165, 1.54) is 0 Å². The Bertz CT molecular complexity index is 1060. The van der Waals surface area contributed by atoms with Gasteiger partial charge in [0.1, 0.15) is 11.5 Å². The molecular formula is C26H30N2O5. The maximum atomic E-state index is 13.9. The first kappa shape index (κ1) is 22.7. The molecule has 2 heterocycles. The lowest BCUT2D eigenvalue weighted by molar-refractivity contribution is 0.0954. The number of methoxy groups -OCH3 is 3. The van der Waals surface area contributed by atoms with Gasteiger partial charge in [-0.3, -0.25) is 9.69 Å². The van der Waals surface area contributed by atoms with E-state index in [-0.39, 0.29) is 11.9 Å². The highest BCUT2D eigenvalue weighted by molar-refractivity contribution is 6.08. The SMILES string of the molecule is COc1ccc(N(C(=O)c2ccccc2OC)C2CCN(Cc3ccco3)CC2)cc1OC. The molecule has 7 nitrogen and oxygen atoms in total. The molecule has 0 aliphatic carbocycles. The van der Waals surface area contributed by atoms with Crippen LogP contribution in [-0.2, 0) is 6.54 Å². The van der Waals surface area contributed by atoms with Gasteiger partial charge >= 0.3 is 0 Å². The number of nitrogens with zero attached hydrogens (tertiary/aromatic N) is 2. The van der Waals surface area contributed by atoms with Gasteiger partial charge in [-0.05, 0) is 49.2 Å². The van der Waals surface area contributed by atoms with Crippen LogP contribution in [0.3, 0.4) is 0 Å². The van der Waals surface area contributed by atoms with Gasteiger partial charge in [0.15, 0.2) is 11.5 Å². The normalized spacial score (nSPS) is 14.6. The Morgan fingerprint density at radius 3 is 2.33 bits per heavy atom. The summed E-state index contributed by atoms with van der Waals surface area (Å²) in [6.45, 7) is 2.51. The second-order valence-corrected chi connectivity index (χ2v) is 8.00. The van der Waals surface area contributed by atoms with Crippen molar-refractivity contribution in [3.8, 4) is 17.2 Å². The molecule has 0 spiro atoms. The largest absolute Gasteiger partial charge is 0.496 e. The van der Waals surface area contributed by atoms with Gasteiger partial charge in [0.2, 0.25) is 0 Å². The predicted octanol–water partition coefficient (Wildman–Crippen LogP) is 4.62. The van der Waals surface area contributed by atoms with Crippen molar-refractivity contribution >= 4 is 11.6 Å². The third-order valence-electron chi connectivity index (χ3n) is 6.08. The number of carbonyl (C=O) groups is 1. The van der Waals surface area contributed by atoms with Crippen LogP contribution in [0.5, 0.6) is 17.2 Å². The van der Waals surface area contributed by atoms with Crippen LogP contribution in [0.25, 0.3) is 0 Å². The average molecular weight is 451 g/mol.